The molecule has 3 rings (SSSR count). The van der Waals surface area contributed by atoms with Gasteiger partial charge in [0, 0.05) is 16.8 Å². The zero-order chi connectivity index (χ0) is 16.8. The normalized spacial score (nSPS) is 16.4. The maximum absolute atomic E-state index is 12.4. The molecule has 1 atom stereocenters. The Kier molecular flexibility index (Phi) is 5.75. The fourth-order valence-corrected chi connectivity index (χ4v) is 4.39. The molecule has 1 N–H and O–H groups in total. The Morgan fingerprint density at radius 3 is 2.88 bits per heavy atom. The topological polar surface area (TPSA) is 58.5 Å². The first kappa shape index (κ1) is 16.8. The SMILES string of the molecule is O=NC1CCCc2c(C(=O)NCCCCc3ccccc3)csc21. The Bertz CT molecular complexity index is 697. The van der Waals surface area contributed by atoms with Crippen molar-refractivity contribution in [2.45, 2.75) is 44.6 Å². The molecule has 1 unspecified atom stereocenters. The third-order valence-corrected chi connectivity index (χ3v) is 5.65. The molecule has 126 valence electrons. The number of nitrogens with zero attached hydrogens (tertiary/aromatic N) is 1. The fourth-order valence-electron chi connectivity index (χ4n) is 3.23. The van der Waals surface area contributed by atoms with Crippen molar-refractivity contribution in [3.63, 3.8) is 0 Å². The Labute approximate surface area is 146 Å². The molecule has 1 aromatic carbocycles. The largest absolute Gasteiger partial charge is 0.352 e. The van der Waals surface area contributed by atoms with Crippen molar-refractivity contribution < 1.29 is 4.79 Å². The van der Waals surface area contributed by atoms with Gasteiger partial charge in [0.1, 0.15) is 6.04 Å². The monoisotopic (exact) mass is 342 g/mol. The second kappa shape index (κ2) is 8.20. The number of hydrogen-bond acceptors (Lipinski definition) is 4. The third-order valence-electron chi connectivity index (χ3n) is 4.53. The lowest BCUT2D eigenvalue weighted by molar-refractivity contribution is 0.0952. The fraction of sp³-hybridized carbons (Fsp3) is 0.421. The van der Waals surface area contributed by atoms with Gasteiger partial charge in [-0.3, -0.25) is 4.79 Å². The highest BCUT2D eigenvalue weighted by Gasteiger charge is 2.27. The number of nitrogens with one attached hydrogen (secondary N) is 1. The Hall–Kier alpha value is -2.01. The smallest absolute Gasteiger partial charge is 0.252 e. The van der Waals surface area contributed by atoms with E-state index in [1.165, 1.54) is 16.9 Å². The van der Waals surface area contributed by atoms with E-state index in [0.29, 0.717) is 6.54 Å². The number of thiophene rings is 1. The molecule has 5 heteroatoms. The van der Waals surface area contributed by atoms with E-state index in [-0.39, 0.29) is 11.9 Å². The molecule has 0 fully saturated rings. The number of hydrogen-bond donors (Lipinski definition) is 1. The van der Waals surface area contributed by atoms with Crippen molar-refractivity contribution in [1.29, 1.82) is 0 Å². The molecule has 1 aliphatic carbocycles. The van der Waals surface area contributed by atoms with Crippen LogP contribution < -0.4 is 5.32 Å². The predicted octanol–water partition coefficient (Wildman–Crippen LogP) is 4.64. The molecule has 1 heterocycles. The average molecular weight is 342 g/mol. The highest BCUT2D eigenvalue weighted by molar-refractivity contribution is 7.10. The van der Waals surface area contributed by atoms with E-state index >= 15 is 0 Å². The average Bonchev–Trinajstić information content (AvgIpc) is 3.06. The molecule has 1 amide bonds. The first-order valence-corrected chi connectivity index (χ1v) is 9.42. The molecule has 1 aliphatic rings. The van der Waals surface area contributed by atoms with E-state index in [9.17, 15) is 9.70 Å². The van der Waals surface area contributed by atoms with Gasteiger partial charge >= 0.3 is 0 Å². The van der Waals surface area contributed by atoms with Crippen LogP contribution in [0.2, 0.25) is 0 Å². The highest BCUT2D eigenvalue weighted by Crippen LogP contribution is 2.38. The molecule has 0 bridgehead atoms. The van der Waals surface area contributed by atoms with E-state index < -0.39 is 0 Å². The third kappa shape index (κ3) is 3.90. The predicted molar refractivity (Wildman–Crippen MR) is 97.5 cm³/mol. The minimum atomic E-state index is -0.258. The lowest BCUT2D eigenvalue weighted by Crippen LogP contribution is -2.25. The van der Waals surface area contributed by atoms with Crippen LogP contribution in [0.5, 0.6) is 0 Å². The standard InChI is InChI=1S/C19H22N2O2S/c22-19(20-12-5-4-9-14-7-2-1-3-8-14)16-13-24-18-15(16)10-6-11-17(18)21-23/h1-3,7-8,13,17H,4-6,9-12H2,(H,20,22). The first-order valence-electron chi connectivity index (χ1n) is 8.54. The van der Waals surface area contributed by atoms with Crippen LogP contribution in [0.3, 0.4) is 0 Å². The number of rotatable bonds is 7. The van der Waals surface area contributed by atoms with E-state index in [0.717, 1.165) is 54.5 Å². The number of aryl methyl sites for hydroxylation is 1. The van der Waals surface area contributed by atoms with Crippen LogP contribution >= 0.6 is 11.3 Å². The quantitative estimate of drug-likeness (QED) is 0.588. The Morgan fingerprint density at radius 2 is 2.08 bits per heavy atom. The van der Waals surface area contributed by atoms with Gasteiger partial charge in [0.25, 0.3) is 5.91 Å². The van der Waals surface area contributed by atoms with E-state index in [1.54, 1.807) is 0 Å². The van der Waals surface area contributed by atoms with Gasteiger partial charge in [-0.05, 0) is 49.7 Å². The van der Waals surface area contributed by atoms with Crippen LogP contribution in [-0.2, 0) is 12.8 Å². The second-order valence-corrected chi connectivity index (χ2v) is 7.12. The van der Waals surface area contributed by atoms with Crippen LogP contribution in [0.1, 0.15) is 58.1 Å². The molecule has 4 nitrogen and oxygen atoms in total. The summed E-state index contributed by atoms with van der Waals surface area (Å²) in [5, 5.41) is 8.10. The molecule has 1 aromatic heterocycles. The maximum Gasteiger partial charge on any atom is 0.252 e. The first-order chi connectivity index (χ1) is 11.8. The van der Waals surface area contributed by atoms with Gasteiger partial charge in [0.15, 0.2) is 0 Å². The Morgan fingerprint density at radius 1 is 1.25 bits per heavy atom. The van der Waals surface area contributed by atoms with E-state index in [4.69, 9.17) is 0 Å². The summed E-state index contributed by atoms with van der Waals surface area (Å²) in [6.07, 6.45) is 5.67. The number of benzene rings is 1. The maximum atomic E-state index is 12.4. The van der Waals surface area contributed by atoms with Gasteiger partial charge in [0.05, 0.1) is 5.56 Å². The molecular formula is C19H22N2O2S. The summed E-state index contributed by atoms with van der Waals surface area (Å²) in [7, 11) is 0. The van der Waals surface area contributed by atoms with Gasteiger partial charge in [-0.25, -0.2) is 0 Å². The van der Waals surface area contributed by atoms with Crippen LogP contribution in [0.4, 0.5) is 0 Å². The molecule has 0 radical (unpaired) electrons. The summed E-state index contributed by atoms with van der Waals surface area (Å²) >= 11 is 1.50. The number of carbonyl (C=O) groups excluding carboxylic acids is 1. The molecule has 0 spiro atoms. The van der Waals surface area contributed by atoms with Gasteiger partial charge in [0.2, 0.25) is 0 Å². The second-order valence-electron chi connectivity index (χ2n) is 6.20. The summed E-state index contributed by atoms with van der Waals surface area (Å²) in [5.74, 6) is -0.0150. The van der Waals surface area contributed by atoms with Crippen LogP contribution in [0.15, 0.2) is 40.9 Å². The van der Waals surface area contributed by atoms with Gasteiger partial charge < -0.3 is 5.32 Å². The minimum Gasteiger partial charge on any atom is -0.352 e. The molecule has 0 saturated carbocycles. The minimum absolute atomic E-state index is 0.0150. The summed E-state index contributed by atoms with van der Waals surface area (Å²) in [6.45, 7) is 0.686. The van der Waals surface area contributed by atoms with Gasteiger partial charge in [-0.1, -0.05) is 35.5 Å². The molecular weight excluding hydrogens is 320 g/mol. The van der Waals surface area contributed by atoms with Crippen molar-refractivity contribution in [2.24, 2.45) is 5.18 Å². The Balaban J connectivity index is 1.47. The summed E-state index contributed by atoms with van der Waals surface area (Å²) in [6, 6.07) is 10.1. The van der Waals surface area contributed by atoms with Crippen molar-refractivity contribution in [3.8, 4) is 0 Å². The van der Waals surface area contributed by atoms with E-state index in [2.05, 4.69) is 34.8 Å². The number of carbonyl (C=O) groups is 1. The lowest BCUT2D eigenvalue weighted by Gasteiger charge is -2.17. The summed E-state index contributed by atoms with van der Waals surface area (Å²) in [4.78, 5) is 24.3. The van der Waals surface area contributed by atoms with Crippen molar-refractivity contribution in [1.82, 2.24) is 5.32 Å². The summed E-state index contributed by atoms with van der Waals surface area (Å²) < 4.78 is 0. The van der Waals surface area contributed by atoms with Gasteiger partial charge in [-0.15, -0.1) is 11.3 Å². The number of unbranched alkanes of at least 4 members (excludes halogenated alkanes) is 1. The van der Waals surface area contributed by atoms with Gasteiger partial charge in [-0.2, -0.15) is 4.91 Å². The number of amides is 1. The number of nitroso groups, excluding NO2 is 1. The van der Waals surface area contributed by atoms with Crippen molar-refractivity contribution >= 4 is 17.2 Å². The highest BCUT2D eigenvalue weighted by atomic mass is 32.1. The molecule has 0 aliphatic heterocycles. The summed E-state index contributed by atoms with van der Waals surface area (Å²) in [5.41, 5.74) is 3.12. The van der Waals surface area contributed by atoms with E-state index in [1.807, 2.05) is 11.4 Å². The van der Waals surface area contributed by atoms with Crippen molar-refractivity contribution in [3.05, 3.63) is 62.2 Å². The zero-order valence-corrected chi connectivity index (χ0v) is 14.5. The lowest BCUT2D eigenvalue weighted by atomic mass is 9.92. The van der Waals surface area contributed by atoms with Crippen LogP contribution in [0.25, 0.3) is 0 Å². The van der Waals surface area contributed by atoms with Crippen LogP contribution in [0, 0.1) is 4.91 Å². The van der Waals surface area contributed by atoms with Crippen molar-refractivity contribution in [2.75, 3.05) is 6.54 Å². The molecule has 2 aromatic rings. The zero-order valence-electron chi connectivity index (χ0n) is 13.7. The number of fused-ring (bicyclic) bond motifs is 1. The molecule has 0 saturated heterocycles. The molecule has 24 heavy (non-hydrogen) atoms. The van der Waals surface area contributed by atoms with Crippen LogP contribution in [-0.4, -0.2) is 12.5 Å².